The average Bonchev–Trinajstić information content (AvgIpc) is 2.42. The quantitative estimate of drug-likeness (QED) is 0.653. The van der Waals surface area contributed by atoms with Crippen molar-refractivity contribution in [3.05, 3.63) is 57.3 Å². The highest BCUT2D eigenvalue weighted by molar-refractivity contribution is 7.98. The summed E-state index contributed by atoms with van der Waals surface area (Å²) in [7, 11) is 0. The minimum atomic E-state index is -1.09. The van der Waals surface area contributed by atoms with Crippen LogP contribution in [0.15, 0.2) is 34.2 Å². The molecule has 0 aliphatic heterocycles. The highest BCUT2D eigenvalue weighted by atomic mass is 32.2. The number of thioether (sulfide) groups is 1. The molecule has 0 aliphatic carbocycles. The van der Waals surface area contributed by atoms with Crippen molar-refractivity contribution < 1.29 is 14.3 Å². The third-order valence-electron chi connectivity index (χ3n) is 2.85. The number of aromatic nitrogens is 2. The van der Waals surface area contributed by atoms with Crippen LogP contribution in [0.2, 0.25) is 0 Å². The minimum absolute atomic E-state index is 0.137. The van der Waals surface area contributed by atoms with Gasteiger partial charge in [-0.25, -0.2) is 9.37 Å². The Balaban J connectivity index is 2.17. The smallest absolute Gasteiger partial charge is 0.308 e. The van der Waals surface area contributed by atoms with Crippen LogP contribution in [0.1, 0.15) is 16.8 Å². The third kappa shape index (κ3) is 3.91. The van der Waals surface area contributed by atoms with Gasteiger partial charge in [-0.1, -0.05) is 30.0 Å². The summed E-state index contributed by atoms with van der Waals surface area (Å²) in [6, 6.07) is 6.37. The molecule has 2 aromatic rings. The Morgan fingerprint density at radius 3 is 2.76 bits per heavy atom. The molecule has 1 aromatic heterocycles. The van der Waals surface area contributed by atoms with E-state index < -0.39 is 11.5 Å². The molecule has 0 radical (unpaired) electrons. The van der Waals surface area contributed by atoms with E-state index in [0.29, 0.717) is 22.2 Å². The summed E-state index contributed by atoms with van der Waals surface area (Å²) < 4.78 is 13.5. The van der Waals surface area contributed by atoms with Gasteiger partial charge in [0.15, 0.2) is 5.16 Å². The number of nitrogens with zero attached hydrogens (tertiary/aromatic N) is 1. The van der Waals surface area contributed by atoms with Crippen molar-refractivity contribution in [3.8, 4) is 0 Å². The summed E-state index contributed by atoms with van der Waals surface area (Å²) in [4.78, 5) is 29.2. The zero-order valence-electron chi connectivity index (χ0n) is 11.2. The minimum Gasteiger partial charge on any atom is -0.481 e. The SMILES string of the molecule is Cc1nc(SCc2ccccc2F)[nH]c(=O)c1CC(=O)O. The van der Waals surface area contributed by atoms with E-state index in [1.807, 2.05) is 0 Å². The summed E-state index contributed by atoms with van der Waals surface area (Å²) in [5, 5.41) is 9.08. The molecule has 2 N–H and O–H groups in total. The summed E-state index contributed by atoms with van der Waals surface area (Å²) in [6.07, 6.45) is -0.369. The molecule has 0 bridgehead atoms. The number of aryl methyl sites for hydroxylation is 1. The Hall–Kier alpha value is -2.15. The zero-order chi connectivity index (χ0) is 15.4. The van der Waals surface area contributed by atoms with Gasteiger partial charge in [-0.2, -0.15) is 0 Å². The lowest BCUT2D eigenvalue weighted by Crippen LogP contribution is -2.20. The van der Waals surface area contributed by atoms with Crippen LogP contribution in [0.4, 0.5) is 4.39 Å². The first-order chi connectivity index (χ1) is 9.97. The average molecular weight is 308 g/mol. The maximum atomic E-state index is 13.5. The predicted octanol–water partition coefficient (Wildman–Crippen LogP) is 2.14. The number of benzene rings is 1. The van der Waals surface area contributed by atoms with Crippen LogP contribution < -0.4 is 5.56 Å². The highest BCUT2D eigenvalue weighted by Crippen LogP contribution is 2.20. The third-order valence-corrected chi connectivity index (χ3v) is 3.77. The fraction of sp³-hybridized carbons (Fsp3) is 0.214. The fourth-order valence-electron chi connectivity index (χ4n) is 1.77. The fourth-order valence-corrected chi connectivity index (χ4v) is 2.67. The number of hydrogen-bond donors (Lipinski definition) is 2. The molecule has 0 fully saturated rings. The molecule has 21 heavy (non-hydrogen) atoms. The van der Waals surface area contributed by atoms with Gasteiger partial charge in [0.2, 0.25) is 0 Å². The van der Waals surface area contributed by atoms with Crippen molar-refractivity contribution in [2.24, 2.45) is 0 Å². The van der Waals surface area contributed by atoms with Gasteiger partial charge in [0, 0.05) is 17.0 Å². The van der Waals surface area contributed by atoms with Crippen LogP contribution in [0.5, 0.6) is 0 Å². The van der Waals surface area contributed by atoms with E-state index in [1.165, 1.54) is 17.8 Å². The van der Waals surface area contributed by atoms with E-state index >= 15 is 0 Å². The van der Waals surface area contributed by atoms with Crippen molar-refractivity contribution in [3.63, 3.8) is 0 Å². The first kappa shape index (κ1) is 15.2. The van der Waals surface area contributed by atoms with E-state index in [2.05, 4.69) is 9.97 Å². The van der Waals surface area contributed by atoms with Gasteiger partial charge >= 0.3 is 5.97 Å². The lowest BCUT2D eigenvalue weighted by atomic mass is 10.2. The number of H-pyrrole nitrogens is 1. The van der Waals surface area contributed by atoms with Crippen LogP contribution in [0.3, 0.4) is 0 Å². The van der Waals surface area contributed by atoms with Crippen molar-refractivity contribution in [2.45, 2.75) is 24.3 Å². The topological polar surface area (TPSA) is 83.0 Å². The largest absolute Gasteiger partial charge is 0.481 e. The van der Waals surface area contributed by atoms with E-state index in [0.717, 1.165) is 0 Å². The van der Waals surface area contributed by atoms with Gasteiger partial charge in [-0.05, 0) is 18.6 Å². The van der Waals surface area contributed by atoms with E-state index in [9.17, 15) is 14.0 Å². The van der Waals surface area contributed by atoms with Gasteiger partial charge in [0.25, 0.3) is 5.56 Å². The van der Waals surface area contributed by atoms with Gasteiger partial charge in [0.1, 0.15) is 5.82 Å². The van der Waals surface area contributed by atoms with Crippen LogP contribution in [0, 0.1) is 12.7 Å². The molecule has 0 amide bonds. The van der Waals surface area contributed by atoms with Crippen molar-refractivity contribution in [2.75, 3.05) is 0 Å². The van der Waals surface area contributed by atoms with Crippen LogP contribution >= 0.6 is 11.8 Å². The molecule has 0 unspecified atom stereocenters. The molecule has 0 aliphatic rings. The van der Waals surface area contributed by atoms with Crippen LogP contribution in [-0.2, 0) is 17.0 Å². The number of carboxylic acid groups (broad SMARTS) is 1. The predicted molar refractivity (Wildman–Crippen MR) is 76.9 cm³/mol. The molecule has 1 heterocycles. The molecule has 0 spiro atoms. The maximum Gasteiger partial charge on any atom is 0.308 e. The molecular formula is C14H13FN2O3S. The van der Waals surface area contributed by atoms with E-state index in [1.54, 1.807) is 25.1 Å². The maximum absolute atomic E-state index is 13.5. The second-order valence-corrected chi connectivity index (χ2v) is 5.35. The zero-order valence-corrected chi connectivity index (χ0v) is 12.0. The standard InChI is InChI=1S/C14H13FN2O3S/c1-8-10(6-12(18)19)13(20)17-14(16-8)21-7-9-4-2-3-5-11(9)15/h2-5H,6-7H2,1H3,(H,18,19)(H,16,17,20). The first-order valence-electron chi connectivity index (χ1n) is 6.15. The lowest BCUT2D eigenvalue weighted by Gasteiger charge is -2.06. The Bertz CT molecular complexity index is 730. The molecule has 1 aromatic carbocycles. The number of hydrogen-bond acceptors (Lipinski definition) is 4. The van der Waals surface area contributed by atoms with Crippen molar-refractivity contribution in [1.29, 1.82) is 0 Å². The Morgan fingerprint density at radius 1 is 1.43 bits per heavy atom. The normalized spacial score (nSPS) is 10.6. The van der Waals surface area contributed by atoms with Gasteiger partial charge in [-0.3, -0.25) is 9.59 Å². The molecular weight excluding hydrogens is 295 g/mol. The summed E-state index contributed by atoms with van der Waals surface area (Å²) >= 11 is 1.19. The molecule has 0 atom stereocenters. The van der Waals surface area contributed by atoms with E-state index in [-0.39, 0.29) is 17.8 Å². The lowest BCUT2D eigenvalue weighted by molar-refractivity contribution is -0.136. The second-order valence-electron chi connectivity index (χ2n) is 4.39. The monoisotopic (exact) mass is 308 g/mol. The number of carbonyl (C=O) groups is 1. The molecule has 2 rings (SSSR count). The van der Waals surface area contributed by atoms with Gasteiger partial charge < -0.3 is 10.1 Å². The second kappa shape index (κ2) is 6.53. The Kier molecular flexibility index (Phi) is 4.74. The number of aromatic amines is 1. The Morgan fingerprint density at radius 2 is 2.14 bits per heavy atom. The summed E-state index contributed by atoms with van der Waals surface area (Å²) in [6.45, 7) is 1.58. The van der Waals surface area contributed by atoms with Crippen LogP contribution in [-0.4, -0.2) is 21.0 Å². The number of halogens is 1. The summed E-state index contributed by atoms with van der Waals surface area (Å²) in [5.41, 5.74) is 0.549. The molecule has 5 nitrogen and oxygen atoms in total. The number of carboxylic acids is 1. The number of rotatable bonds is 5. The molecule has 0 saturated carbocycles. The number of aliphatic carboxylic acids is 1. The molecule has 110 valence electrons. The molecule has 0 saturated heterocycles. The van der Waals surface area contributed by atoms with E-state index in [4.69, 9.17) is 5.11 Å². The van der Waals surface area contributed by atoms with Gasteiger partial charge in [0.05, 0.1) is 6.42 Å². The van der Waals surface area contributed by atoms with Gasteiger partial charge in [-0.15, -0.1) is 0 Å². The Labute approximate surface area is 124 Å². The highest BCUT2D eigenvalue weighted by Gasteiger charge is 2.12. The molecule has 7 heteroatoms. The van der Waals surface area contributed by atoms with Crippen molar-refractivity contribution >= 4 is 17.7 Å². The number of nitrogens with one attached hydrogen (secondary N) is 1. The first-order valence-corrected chi connectivity index (χ1v) is 7.13. The summed E-state index contributed by atoms with van der Waals surface area (Å²) in [5.74, 6) is -1.07. The van der Waals surface area contributed by atoms with Crippen molar-refractivity contribution in [1.82, 2.24) is 9.97 Å². The van der Waals surface area contributed by atoms with Crippen LogP contribution in [0.25, 0.3) is 0 Å².